The molecule has 0 heterocycles. The van der Waals surface area contributed by atoms with Gasteiger partial charge in [0.15, 0.2) is 0 Å². The van der Waals surface area contributed by atoms with E-state index in [0.717, 1.165) is 30.6 Å². The topological polar surface area (TPSA) is 75.3 Å². The van der Waals surface area contributed by atoms with Crippen molar-refractivity contribution in [2.45, 2.75) is 26.7 Å². The van der Waals surface area contributed by atoms with Crippen LogP contribution >= 0.6 is 0 Å². The maximum atomic E-state index is 10.9. The predicted molar refractivity (Wildman–Crippen MR) is 65.9 cm³/mol. The van der Waals surface area contributed by atoms with E-state index in [1.165, 1.54) is 0 Å². The fraction of sp³-hybridized carbons (Fsp3) is 0.417. The third kappa shape index (κ3) is 2.89. The highest BCUT2D eigenvalue weighted by Crippen LogP contribution is 2.22. The van der Waals surface area contributed by atoms with Crippen molar-refractivity contribution in [2.75, 3.05) is 17.6 Å². The van der Waals surface area contributed by atoms with Gasteiger partial charge in [-0.2, -0.15) is 0 Å². The summed E-state index contributed by atoms with van der Waals surface area (Å²) < 4.78 is 0. The highest BCUT2D eigenvalue weighted by Gasteiger charge is 2.11. The Morgan fingerprint density at radius 2 is 2.19 bits per heavy atom. The SMILES string of the molecule is CCCCNc1cc(C)c(N)c(C(=O)O)c1. The van der Waals surface area contributed by atoms with Crippen LogP contribution in [0.15, 0.2) is 12.1 Å². The van der Waals surface area contributed by atoms with Crippen molar-refractivity contribution in [3.63, 3.8) is 0 Å². The van der Waals surface area contributed by atoms with Crippen molar-refractivity contribution in [1.29, 1.82) is 0 Å². The van der Waals surface area contributed by atoms with Crippen molar-refractivity contribution in [3.8, 4) is 0 Å². The lowest BCUT2D eigenvalue weighted by molar-refractivity contribution is 0.0698. The summed E-state index contributed by atoms with van der Waals surface area (Å²) in [5.74, 6) is -0.986. The van der Waals surface area contributed by atoms with Gasteiger partial charge in [0, 0.05) is 17.9 Å². The first-order valence-corrected chi connectivity index (χ1v) is 5.43. The Hall–Kier alpha value is -1.71. The Balaban J connectivity index is 2.91. The molecule has 88 valence electrons. The zero-order valence-electron chi connectivity index (χ0n) is 9.71. The smallest absolute Gasteiger partial charge is 0.337 e. The van der Waals surface area contributed by atoms with Gasteiger partial charge in [0.2, 0.25) is 0 Å². The number of carbonyl (C=O) groups is 1. The molecular weight excluding hydrogens is 204 g/mol. The second kappa shape index (κ2) is 5.39. The third-order valence-corrected chi connectivity index (χ3v) is 2.48. The van der Waals surface area contributed by atoms with Gasteiger partial charge in [-0.1, -0.05) is 13.3 Å². The Morgan fingerprint density at radius 1 is 1.50 bits per heavy atom. The second-order valence-electron chi connectivity index (χ2n) is 3.84. The Bertz CT molecular complexity index is 389. The van der Waals surface area contributed by atoms with Gasteiger partial charge in [0.05, 0.1) is 5.56 Å². The molecule has 0 spiro atoms. The standard InChI is InChI=1S/C12H18N2O2/c1-3-4-5-14-9-6-8(2)11(13)10(7-9)12(15)16/h6-7,14H,3-5,13H2,1-2H3,(H,15,16). The van der Waals surface area contributed by atoms with Crippen molar-refractivity contribution in [3.05, 3.63) is 23.3 Å². The number of aryl methyl sites for hydroxylation is 1. The minimum Gasteiger partial charge on any atom is -0.478 e. The largest absolute Gasteiger partial charge is 0.478 e. The van der Waals surface area contributed by atoms with Crippen LogP contribution in [0.2, 0.25) is 0 Å². The average molecular weight is 222 g/mol. The number of unbranched alkanes of at least 4 members (excludes halogenated alkanes) is 1. The quantitative estimate of drug-likeness (QED) is 0.528. The van der Waals surface area contributed by atoms with E-state index in [4.69, 9.17) is 10.8 Å². The van der Waals surface area contributed by atoms with Crippen molar-refractivity contribution < 1.29 is 9.90 Å². The summed E-state index contributed by atoms with van der Waals surface area (Å²) in [7, 11) is 0. The molecule has 0 atom stereocenters. The van der Waals surface area contributed by atoms with E-state index in [9.17, 15) is 4.79 Å². The molecule has 16 heavy (non-hydrogen) atoms. The van der Waals surface area contributed by atoms with Crippen LogP contribution in [-0.4, -0.2) is 17.6 Å². The molecule has 0 unspecified atom stereocenters. The van der Waals surface area contributed by atoms with Crippen LogP contribution in [-0.2, 0) is 0 Å². The summed E-state index contributed by atoms with van der Waals surface area (Å²) >= 11 is 0. The molecule has 0 radical (unpaired) electrons. The lowest BCUT2D eigenvalue weighted by Crippen LogP contribution is -2.07. The summed E-state index contributed by atoms with van der Waals surface area (Å²) in [5.41, 5.74) is 7.81. The Labute approximate surface area is 95.5 Å². The lowest BCUT2D eigenvalue weighted by Gasteiger charge is -2.10. The molecule has 0 aliphatic carbocycles. The van der Waals surface area contributed by atoms with Gasteiger partial charge in [0.1, 0.15) is 0 Å². The number of benzene rings is 1. The molecule has 0 aliphatic heterocycles. The molecule has 4 nitrogen and oxygen atoms in total. The summed E-state index contributed by atoms with van der Waals surface area (Å²) in [4.78, 5) is 10.9. The molecule has 0 aliphatic rings. The minimum absolute atomic E-state index is 0.166. The van der Waals surface area contributed by atoms with Crippen molar-refractivity contribution in [2.24, 2.45) is 0 Å². The third-order valence-electron chi connectivity index (χ3n) is 2.48. The van der Waals surface area contributed by atoms with E-state index in [1.807, 2.05) is 13.0 Å². The van der Waals surface area contributed by atoms with E-state index in [2.05, 4.69) is 12.2 Å². The van der Waals surface area contributed by atoms with E-state index >= 15 is 0 Å². The number of anilines is 2. The van der Waals surface area contributed by atoms with Crippen LogP contribution in [0.5, 0.6) is 0 Å². The maximum absolute atomic E-state index is 10.9. The first-order chi connectivity index (χ1) is 7.56. The lowest BCUT2D eigenvalue weighted by atomic mass is 10.1. The minimum atomic E-state index is -0.986. The number of nitrogens with one attached hydrogen (secondary N) is 1. The number of nitrogen functional groups attached to an aromatic ring is 1. The molecule has 0 saturated carbocycles. The Morgan fingerprint density at radius 3 is 2.75 bits per heavy atom. The molecular formula is C12H18N2O2. The summed E-state index contributed by atoms with van der Waals surface area (Å²) in [6, 6.07) is 3.46. The molecule has 1 aromatic rings. The average Bonchev–Trinajstić information content (AvgIpc) is 2.23. The summed E-state index contributed by atoms with van der Waals surface area (Å²) in [6.45, 7) is 4.77. The zero-order valence-corrected chi connectivity index (χ0v) is 9.71. The maximum Gasteiger partial charge on any atom is 0.337 e. The number of rotatable bonds is 5. The first-order valence-electron chi connectivity index (χ1n) is 5.43. The fourth-order valence-corrected chi connectivity index (χ4v) is 1.49. The van der Waals surface area contributed by atoms with Gasteiger partial charge in [-0.25, -0.2) is 4.79 Å². The molecule has 1 rings (SSSR count). The van der Waals surface area contributed by atoms with E-state index in [-0.39, 0.29) is 5.56 Å². The molecule has 0 amide bonds. The van der Waals surface area contributed by atoms with Crippen molar-refractivity contribution >= 4 is 17.3 Å². The molecule has 1 aromatic carbocycles. The number of carboxylic acids is 1. The van der Waals surface area contributed by atoms with E-state index in [0.29, 0.717) is 5.69 Å². The zero-order chi connectivity index (χ0) is 12.1. The van der Waals surface area contributed by atoms with Crippen LogP contribution in [0.3, 0.4) is 0 Å². The van der Waals surface area contributed by atoms with Crippen LogP contribution in [0.4, 0.5) is 11.4 Å². The predicted octanol–water partition coefficient (Wildman–Crippen LogP) is 2.49. The van der Waals surface area contributed by atoms with Gasteiger partial charge < -0.3 is 16.2 Å². The summed E-state index contributed by atoms with van der Waals surface area (Å²) in [6.07, 6.45) is 2.17. The number of carboxylic acid groups (broad SMARTS) is 1. The van der Waals surface area contributed by atoms with E-state index < -0.39 is 5.97 Å². The van der Waals surface area contributed by atoms with Crippen LogP contribution in [0, 0.1) is 6.92 Å². The number of hydrogen-bond donors (Lipinski definition) is 3. The highest BCUT2D eigenvalue weighted by atomic mass is 16.4. The highest BCUT2D eigenvalue weighted by molar-refractivity contribution is 5.95. The van der Waals surface area contributed by atoms with Gasteiger partial charge >= 0.3 is 5.97 Å². The summed E-state index contributed by atoms with van der Waals surface area (Å²) in [5, 5.41) is 12.2. The number of aromatic carboxylic acids is 1. The first kappa shape index (κ1) is 12.4. The molecule has 0 fully saturated rings. The monoisotopic (exact) mass is 222 g/mol. The number of nitrogens with two attached hydrogens (primary N) is 1. The van der Waals surface area contributed by atoms with Gasteiger partial charge in [-0.15, -0.1) is 0 Å². The molecule has 0 bridgehead atoms. The van der Waals surface area contributed by atoms with Crippen LogP contribution in [0.1, 0.15) is 35.7 Å². The van der Waals surface area contributed by atoms with Crippen molar-refractivity contribution in [1.82, 2.24) is 0 Å². The normalized spacial score (nSPS) is 10.1. The molecule has 4 N–H and O–H groups in total. The number of hydrogen-bond acceptors (Lipinski definition) is 3. The van der Waals surface area contributed by atoms with E-state index in [1.54, 1.807) is 6.07 Å². The van der Waals surface area contributed by atoms with Gasteiger partial charge in [-0.3, -0.25) is 0 Å². The van der Waals surface area contributed by atoms with Crippen LogP contribution < -0.4 is 11.1 Å². The molecule has 4 heteroatoms. The Kier molecular flexibility index (Phi) is 4.17. The van der Waals surface area contributed by atoms with Gasteiger partial charge in [0.25, 0.3) is 0 Å². The molecule has 0 aromatic heterocycles. The fourth-order valence-electron chi connectivity index (χ4n) is 1.49. The molecule has 0 saturated heterocycles. The second-order valence-corrected chi connectivity index (χ2v) is 3.84. The van der Waals surface area contributed by atoms with Crippen LogP contribution in [0.25, 0.3) is 0 Å². The van der Waals surface area contributed by atoms with Gasteiger partial charge in [-0.05, 0) is 31.0 Å².